The number of thioether (sulfide) groups is 1. The highest BCUT2D eigenvalue weighted by Gasteiger charge is 2.06. The lowest BCUT2D eigenvalue weighted by Gasteiger charge is -2.06. The summed E-state index contributed by atoms with van der Waals surface area (Å²) in [7, 11) is 0. The molecule has 0 spiro atoms. The number of furan rings is 1. The molecule has 0 radical (unpaired) electrons. The molecule has 0 aliphatic rings. The molecule has 0 aromatic carbocycles. The minimum Gasteiger partial charge on any atom is -0.468 e. The van der Waals surface area contributed by atoms with E-state index in [0.29, 0.717) is 0 Å². The smallest absolute Gasteiger partial charge is 0.141 e. The molecule has 2 rings (SSSR count). The summed E-state index contributed by atoms with van der Waals surface area (Å²) in [5.74, 6) is 3.43. The van der Waals surface area contributed by atoms with Gasteiger partial charge in [-0.15, -0.1) is 11.8 Å². The summed E-state index contributed by atoms with van der Waals surface area (Å²) in [5.41, 5.74) is 0.987. The predicted molar refractivity (Wildman–Crippen MR) is 73.9 cm³/mol. The number of aryl methyl sites for hydroxylation is 2. The van der Waals surface area contributed by atoms with Crippen LogP contribution in [-0.4, -0.2) is 16.5 Å². The molecule has 0 atom stereocenters. The van der Waals surface area contributed by atoms with E-state index >= 15 is 0 Å². The van der Waals surface area contributed by atoms with Gasteiger partial charge in [-0.3, -0.25) is 0 Å². The van der Waals surface area contributed by atoms with Crippen LogP contribution in [0, 0.1) is 13.8 Å². The first kappa shape index (κ1) is 13.0. The van der Waals surface area contributed by atoms with Gasteiger partial charge in [-0.05, 0) is 26.8 Å². The molecule has 2 aromatic heterocycles. The lowest BCUT2D eigenvalue weighted by Crippen LogP contribution is -2.04. The Hall–Kier alpha value is -1.49. The summed E-state index contributed by atoms with van der Waals surface area (Å²) in [6.07, 6.45) is 1.71. The van der Waals surface area contributed by atoms with Crippen molar-refractivity contribution >= 4 is 17.6 Å². The first-order valence-corrected chi connectivity index (χ1v) is 6.93. The van der Waals surface area contributed by atoms with E-state index in [-0.39, 0.29) is 0 Å². The monoisotopic (exact) mass is 263 g/mol. The van der Waals surface area contributed by atoms with Gasteiger partial charge >= 0.3 is 0 Å². The van der Waals surface area contributed by atoms with E-state index in [1.54, 1.807) is 18.0 Å². The topological polar surface area (TPSA) is 51.0 Å². The summed E-state index contributed by atoms with van der Waals surface area (Å²) in [5, 5.41) is 3.21. The zero-order valence-electron chi connectivity index (χ0n) is 10.9. The molecule has 4 nitrogen and oxygen atoms in total. The van der Waals surface area contributed by atoms with E-state index in [4.69, 9.17) is 4.42 Å². The molecule has 18 heavy (non-hydrogen) atoms. The van der Waals surface area contributed by atoms with Crippen molar-refractivity contribution in [3.63, 3.8) is 0 Å². The molecule has 1 N–H and O–H groups in total. The van der Waals surface area contributed by atoms with Crippen molar-refractivity contribution in [1.82, 2.24) is 9.97 Å². The summed E-state index contributed by atoms with van der Waals surface area (Å²) in [6, 6.07) is 3.93. The van der Waals surface area contributed by atoms with Crippen LogP contribution in [0.4, 0.5) is 5.82 Å². The normalized spacial score (nSPS) is 10.6. The van der Waals surface area contributed by atoms with Gasteiger partial charge in [0.05, 0.1) is 12.0 Å². The molecule has 0 aliphatic heterocycles. The quantitative estimate of drug-likeness (QED) is 0.838. The zero-order valence-corrected chi connectivity index (χ0v) is 11.7. The number of nitrogens with one attached hydrogen (secondary N) is 1. The number of hydrogen-bond acceptors (Lipinski definition) is 5. The van der Waals surface area contributed by atoms with Crippen LogP contribution in [-0.2, 0) is 5.75 Å². The van der Waals surface area contributed by atoms with Crippen molar-refractivity contribution in [3.8, 4) is 0 Å². The summed E-state index contributed by atoms with van der Waals surface area (Å²) in [4.78, 5) is 10.1. The SMILES string of the molecule is CCNc1cc(C)nc(CSc2ccoc2C)n1. The molecule has 0 aliphatic carbocycles. The Balaban J connectivity index is 2.07. The minimum absolute atomic E-state index is 0.750. The molecule has 96 valence electrons. The first-order chi connectivity index (χ1) is 8.69. The van der Waals surface area contributed by atoms with E-state index in [0.717, 1.165) is 40.3 Å². The van der Waals surface area contributed by atoms with Gasteiger partial charge in [-0.25, -0.2) is 9.97 Å². The number of rotatable bonds is 5. The van der Waals surface area contributed by atoms with Crippen molar-refractivity contribution in [3.05, 3.63) is 35.7 Å². The van der Waals surface area contributed by atoms with Crippen molar-refractivity contribution in [2.45, 2.75) is 31.4 Å². The maximum atomic E-state index is 5.26. The molecule has 0 fully saturated rings. The van der Waals surface area contributed by atoms with Crippen LogP contribution in [0.1, 0.15) is 24.2 Å². The van der Waals surface area contributed by atoms with E-state index in [9.17, 15) is 0 Å². The molecule has 0 bridgehead atoms. The fraction of sp³-hybridized carbons (Fsp3) is 0.385. The summed E-state index contributed by atoms with van der Waals surface area (Å²) in [6.45, 7) is 6.87. The van der Waals surface area contributed by atoms with E-state index in [1.165, 1.54) is 0 Å². The van der Waals surface area contributed by atoms with Crippen LogP contribution in [0.15, 0.2) is 27.7 Å². The van der Waals surface area contributed by atoms with Gasteiger partial charge in [0.15, 0.2) is 0 Å². The van der Waals surface area contributed by atoms with Crippen LogP contribution in [0.5, 0.6) is 0 Å². The third-order valence-electron chi connectivity index (χ3n) is 2.43. The van der Waals surface area contributed by atoms with Crippen LogP contribution in [0.3, 0.4) is 0 Å². The molecule has 5 heteroatoms. The van der Waals surface area contributed by atoms with Crippen LogP contribution < -0.4 is 5.32 Å². The standard InChI is InChI=1S/C13H17N3OS/c1-4-14-12-7-9(2)15-13(16-12)8-18-11-5-6-17-10(11)3/h5-7H,4,8H2,1-3H3,(H,14,15,16). The molecule has 0 saturated carbocycles. The largest absolute Gasteiger partial charge is 0.468 e. The maximum Gasteiger partial charge on any atom is 0.141 e. The number of anilines is 1. The third kappa shape index (κ3) is 3.26. The van der Waals surface area contributed by atoms with Crippen LogP contribution in [0.25, 0.3) is 0 Å². The Morgan fingerprint density at radius 2 is 2.17 bits per heavy atom. The molecule has 0 amide bonds. The fourth-order valence-electron chi connectivity index (χ4n) is 1.63. The number of hydrogen-bond donors (Lipinski definition) is 1. The minimum atomic E-state index is 0.750. The highest BCUT2D eigenvalue weighted by atomic mass is 32.2. The average molecular weight is 263 g/mol. The Kier molecular flexibility index (Phi) is 4.25. The summed E-state index contributed by atoms with van der Waals surface area (Å²) >= 11 is 1.70. The van der Waals surface area contributed by atoms with Gasteiger partial charge in [0, 0.05) is 23.2 Å². The lowest BCUT2D eigenvalue weighted by atomic mass is 10.4. The highest BCUT2D eigenvalue weighted by molar-refractivity contribution is 7.98. The first-order valence-electron chi connectivity index (χ1n) is 5.94. The average Bonchev–Trinajstić information content (AvgIpc) is 2.72. The van der Waals surface area contributed by atoms with Gasteiger partial charge in [0.1, 0.15) is 17.4 Å². The van der Waals surface area contributed by atoms with E-state index < -0.39 is 0 Å². The third-order valence-corrected chi connectivity index (χ3v) is 3.56. The molecule has 2 heterocycles. The second-order valence-electron chi connectivity index (χ2n) is 3.97. The zero-order chi connectivity index (χ0) is 13.0. The lowest BCUT2D eigenvalue weighted by molar-refractivity contribution is 0.527. The van der Waals surface area contributed by atoms with Crippen LogP contribution >= 0.6 is 11.8 Å². The summed E-state index contributed by atoms with van der Waals surface area (Å²) < 4.78 is 5.26. The number of aromatic nitrogens is 2. The van der Waals surface area contributed by atoms with E-state index in [1.807, 2.05) is 26.0 Å². The van der Waals surface area contributed by atoms with Gasteiger partial charge in [-0.2, -0.15) is 0 Å². The van der Waals surface area contributed by atoms with Gasteiger partial charge < -0.3 is 9.73 Å². The van der Waals surface area contributed by atoms with Crippen molar-refractivity contribution in [1.29, 1.82) is 0 Å². The Bertz CT molecular complexity index is 525. The Morgan fingerprint density at radius 1 is 1.33 bits per heavy atom. The molecular weight excluding hydrogens is 246 g/mol. The van der Waals surface area contributed by atoms with Gasteiger partial charge in [0.2, 0.25) is 0 Å². The second kappa shape index (κ2) is 5.91. The molecule has 2 aromatic rings. The fourth-order valence-corrected chi connectivity index (χ4v) is 2.45. The van der Waals surface area contributed by atoms with E-state index in [2.05, 4.69) is 22.2 Å². The Morgan fingerprint density at radius 3 is 2.83 bits per heavy atom. The van der Waals surface area contributed by atoms with Crippen molar-refractivity contribution < 1.29 is 4.42 Å². The second-order valence-corrected chi connectivity index (χ2v) is 4.99. The highest BCUT2D eigenvalue weighted by Crippen LogP contribution is 2.25. The van der Waals surface area contributed by atoms with Crippen molar-refractivity contribution in [2.24, 2.45) is 0 Å². The molecular formula is C13H17N3OS. The maximum absolute atomic E-state index is 5.26. The van der Waals surface area contributed by atoms with Gasteiger partial charge in [0.25, 0.3) is 0 Å². The van der Waals surface area contributed by atoms with Crippen LogP contribution in [0.2, 0.25) is 0 Å². The van der Waals surface area contributed by atoms with Gasteiger partial charge in [-0.1, -0.05) is 0 Å². The Labute approximate surface area is 111 Å². The molecule has 0 unspecified atom stereocenters. The number of nitrogens with zero attached hydrogens (tertiary/aromatic N) is 2. The molecule has 0 saturated heterocycles. The predicted octanol–water partition coefficient (Wildman–Crippen LogP) is 3.41. The van der Waals surface area contributed by atoms with Crippen molar-refractivity contribution in [2.75, 3.05) is 11.9 Å².